The van der Waals surface area contributed by atoms with Crippen LogP contribution in [0.3, 0.4) is 0 Å². The molecule has 0 bridgehead atoms. The second kappa shape index (κ2) is 5.80. The maximum Gasteiger partial charge on any atom is 0.163 e. The summed E-state index contributed by atoms with van der Waals surface area (Å²) < 4.78 is 0. The van der Waals surface area contributed by atoms with Gasteiger partial charge in [-0.1, -0.05) is 58.0 Å². The number of nitrogens with one attached hydrogen (secondary N) is 1. The minimum absolute atomic E-state index is 0.120. The third-order valence-electron chi connectivity index (χ3n) is 1.74. The zero-order chi connectivity index (χ0) is 12.5. The molecule has 1 rings (SSSR count). The fraction of sp³-hybridized carbons (Fsp3) is 0.125. The molecule has 0 saturated heterocycles. The molecule has 0 amide bonds. The molecule has 0 saturated carbocycles. The minimum atomic E-state index is 0.120. The van der Waals surface area contributed by atoms with Gasteiger partial charge >= 0.3 is 0 Å². The van der Waals surface area contributed by atoms with Crippen LogP contribution in [0.4, 0.5) is 0 Å². The van der Waals surface area contributed by atoms with E-state index in [0.29, 0.717) is 5.56 Å². The number of thiocarbonyl (C=S) groups is 1. The van der Waals surface area contributed by atoms with E-state index in [1.54, 1.807) is 0 Å². The Kier molecular flexibility index (Phi) is 5.23. The van der Waals surface area contributed by atoms with Crippen LogP contribution in [-0.4, -0.2) is 5.11 Å². The van der Waals surface area contributed by atoms with Crippen LogP contribution in [-0.2, 0) is 6.54 Å². The van der Waals surface area contributed by atoms with Gasteiger partial charge in [-0.05, 0) is 12.2 Å². The van der Waals surface area contributed by atoms with Crippen molar-refractivity contribution in [3.05, 3.63) is 30.7 Å². The molecule has 0 aliphatic rings. The average Bonchev–Trinajstić information content (AvgIpc) is 2.23. The van der Waals surface area contributed by atoms with E-state index in [4.69, 9.17) is 63.7 Å². The van der Waals surface area contributed by atoms with Gasteiger partial charge in [0.2, 0.25) is 0 Å². The normalized spacial score (nSPS) is 10.3. The summed E-state index contributed by atoms with van der Waals surface area (Å²) >= 11 is 34.2. The molecule has 88 valence electrons. The predicted molar refractivity (Wildman–Crippen MR) is 75.1 cm³/mol. The van der Waals surface area contributed by atoms with Crippen molar-refractivity contribution >= 4 is 75.3 Å². The van der Waals surface area contributed by atoms with Gasteiger partial charge in [-0.15, -0.1) is 0 Å². The zero-order valence-electron chi connectivity index (χ0n) is 7.58. The van der Waals surface area contributed by atoms with Gasteiger partial charge in [-0.25, -0.2) is 0 Å². The molecule has 0 aromatic heterocycles. The summed E-state index contributed by atoms with van der Waals surface area (Å²) in [5, 5.41) is 3.69. The summed E-state index contributed by atoms with van der Waals surface area (Å²) in [6, 6.07) is 0. The van der Waals surface area contributed by atoms with Crippen molar-refractivity contribution in [2.24, 2.45) is 5.73 Å². The molecule has 1 aromatic carbocycles. The molecule has 0 spiro atoms. The van der Waals surface area contributed by atoms with Crippen LogP contribution in [0.15, 0.2) is 0 Å². The van der Waals surface area contributed by atoms with Crippen molar-refractivity contribution in [1.82, 2.24) is 5.32 Å². The van der Waals surface area contributed by atoms with Gasteiger partial charge in [0.05, 0.1) is 25.1 Å². The molecule has 0 fully saturated rings. The van der Waals surface area contributed by atoms with Gasteiger partial charge in [0.15, 0.2) is 5.11 Å². The second-order valence-electron chi connectivity index (χ2n) is 2.77. The van der Waals surface area contributed by atoms with Crippen molar-refractivity contribution in [1.29, 1.82) is 0 Å². The lowest BCUT2D eigenvalue weighted by Crippen LogP contribution is -2.28. The molecular formula is C8H5Cl5N2S. The van der Waals surface area contributed by atoms with Gasteiger partial charge in [0, 0.05) is 12.1 Å². The van der Waals surface area contributed by atoms with Gasteiger partial charge in [0.1, 0.15) is 0 Å². The summed E-state index contributed by atoms with van der Waals surface area (Å²) in [5.74, 6) is 0. The van der Waals surface area contributed by atoms with E-state index in [1.165, 1.54) is 0 Å². The Hall–Kier alpha value is 0.360. The number of halogens is 5. The van der Waals surface area contributed by atoms with E-state index in [-0.39, 0.29) is 36.8 Å². The summed E-state index contributed by atoms with van der Waals surface area (Å²) in [7, 11) is 0. The number of rotatable bonds is 2. The average molecular weight is 338 g/mol. The molecular weight excluding hydrogens is 333 g/mol. The van der Waals surface area contributed by atoms with E-state index < -0.39 is 0 Å². The summed E-state index contributed by atoms with van der Waals surface area (Å²) in [6.45, 7) is 0.226. The van der Waals surface area contributed by atoms with Crippen LogP contribution in [0.5, 0.6) is 0 Å². The zero-order valence-corrected chi connectivity index (χ0v) is 12.2. The van der Waals surface area contributed by atoms with Crippen LogP contribution in [0.2, 0.25) is 25.1 Å². The van der Waals surface area contributed by atoms with Crippen molar-refractivity contribution < 1.29 is 0 Å². The van der Waals surface area contributed by atoms with Gasteiger partial charge in [-0.2, -0.15) is 0 Å². The molecule has 0 aliphatic carbocycles. The number of hydrogen-bond acceptors (Lipinski definition) is 1. The van der Waals surface area contributed by atoms with Crippen LogP contribution >= 0.6 is 70.2 Å². The fourth-order valence-corrected chi connectivity index (χ4v) is 2.36. The molecule has 16 heavy (non-hydrogen) atoms. The van der Waals surface area contributed by atoms with Crippen LogP contribution in [0.25, 0.3) is 0 Å². The number of benzene rings is 1. The highest BCUT2D eigenvalue weighted by Crippen LogP contribution is 2.43. The fourth-order valence-electron chi connectivity index (χ4n) is 0.981. The Morgan fingerprint density at radius 2 is 1.31 bits per heavy atom. The number of hydrogen-bond donors (Lipinski definition) is 2. The van der Waals surface area contributed by atoms with Gasteiger partial charge in [-0.3, -0.25) is 0 Å². The van der Waals surface area contributed by atoms with E-state index in [2.05, 4.69) is 17.5 Å². The third-order valence-corrected chi connectivity index (χ3v) is 4.24. The van der Waals surface area contributed by atoms with Crippen molar-refractivity contribution in [2.75, 3.05) is 0 Å². The molecule has 0 unspecified atom stereocenters. The molecule has 0 heterocycles. The maximum atomic E-state index is 5.98. The number of nitrogens with two attached hydrogens (primary N) is 1. The third kappa shape index (κ3) is 2.97. The Labute approximate surface area is 123 Å². The molecule has 0 radical (unpaired) electrons. The lowest BCUT2D eigenvalue weighted by atomic mass is 10.2. The minimum Gasteiger partial charge on any atom is -0.376 e. The Balaban J connectivity index is 3.23. The van der Waals surface area contributed by atoms with Crippen LogP contribution in [0, 0.1) is 0 Å². The Morgan fingerprint density at radius 3 is 1.69 bits per heavy atom. The quantitative estimate of drug-likeness (QED) is 0.480. The highest BCUT2D eigenvalue weighted by molar-refractivity contribution is 7.80. The first-order chi connectivity index (χ1) is 7.36. The van der Waals surface area contributed by atoms with Crippen molar-refractivity contribution in [3.8, 4) is 0 Å². The smallest absolute Gasteiger partial charge is 0.163 e. The molecule has 0 aliphatic heterocycles. The Bertz CT molecular complexity index is 420. The highest BCUT2D eigenvalue weighted by atomic mass is 35.5. The van der Waals surface area contributed by atoms with Crippen molar-refractivity contribution in [2.45, 2.75) is 6.54 Å². The Morgan fingerprint density at radius 1 is 0.938 bits per heavy atom. The topological polar surface area (TPSA) is 38.0 Å². The standard InChI is InChI=1S/C8H5Cl5N2S/c9-3-2(1-15-8(14)16)4(10)6(12)7(13)5(3)11/h1H2,(H3,14,15,16). The first-order valence-corrected chi connectivity index (χ1v) is 6.19. The van der Waals surface area contributed by atoms with Crippen molar-refractivity contribution in [3.63, 3.8) is 0 Å². The van der Waals surface area contributed by atoms with E-state index in [9.17, 15) is 0 Å². The van der Waals surface area contributed by atoms with Crippen LogP contribution < -0.4 is 11.1 Å². The van der Waals surface area contributed by atoms with E-state index in [1.807, 2.05) is 0 Å². The maximum absolute atomic E-state index is 5.98. The lowest BCUT2D eigenvalue weighted by molar-refractivity contribution is 0.920. The molecule has 0 atom stereocenters. The first kappa shape index (κ1) is 14.4. The molecule has 8 heteroatoms. The summed E-state index contributed by atoms with van der Waals surface area (Å²) in [4.78, 5) is 0. The first-order valence-electron chi connectivity index (χ1n) is 3.89. The summed E-state index contributed by atoms with van der Waals surface area (Å²) in [5.41, 5.74) is 5.78. The molecule has 3 N–H and O–H groups in total. The van der Waals surface area contributed by atoms with E-state index >= 15 is 0 Å². The summed E-state index contributed by atoms with van der Waals surface area (Å²) in [6.07, 6.45) is 0. The SMILES string of the molecule is NC(=S)NCc1c(Cl)c(Cl)c(Cl)c(Cl)c1Cl. The van der Waals surface area contributed by atoms with E-state index in [0.717, 1.165) is 0 Å². The lowest BCUT2D eigenvalue weighted by Gasteiger charge is -2.12. The predicted octanol–water partition coefficient (Wildman–Crippen LogP) is 4.29. The highest BCUT2D eigenvalue weighted by Gasteiger charge is 2.18. The second-order valence-corrected chi connectivity index (χ2v) is 5.10. The molecule has 1 aromatic rings. The van der Waals surface area contributed by atoms with Crippen LogP contribution in [0.1, 0.15) is 5.56 Å². The largest absolute Gasteiger partial charge is 0.376 e. The monoisotopic (exact) mass is 336 g/mol. The molecule has 2 nitrogen and oxygen atoms in total. The van der Waals surface area contributed by atoms with Gasteiger partial charge < -0.3 is 11.1 Å². The van der Waals surface area contributed by atoms with Gasteiger partial charge in [0.25, 0.3) is 0 Å².